The lowest BCUT2D eigenvalue weighted by Crippen LogP contribution is -2.49. The van der Waals surface area contributed by atoms with Crippen LogP contribution in [0.3, 0.4) is 0 Å². The van der Waals surface area contributed by atoms with Crippen molar-refractivity contribution < 1.29 is 9.53 Å². The van der Waals surface area contributed by atoms with Crippen molar-refractivity contribution in [1.82, 2.24) is 4.90 Å². The Labute approximate surface area is 132 Å². The van der Waals surface area contributed by atoms with Crippen molar-refractivity contribution in [3.05, 3.63) is 35.9 Å². The van der Waals surface area contributed by atoms with Crippen LogP contribution in [0.5, 0.6) is 0 Å². The zero-order chi connectivity index (χ0) is 15.5. The molecule has 120 valence electrons. The van der Waals surface area contributed by atoms with E-state index in [1.54, 1.807) is 0 Å². The smallest absolute Gasteiger partial charge is 0.226 e. The van der Waals surface area contributed by atoms with Crippen molar-refractivity contribution in [2.45, 2.75) is 38.4 Å². The SMILES string of the molecule is CC1CN(C(=O)[C@@H]2CCC[C@@H]2CN)CC(c2ccccc2)O1. The summed E-state index contributed by atoms with van der Waals surface area (Å²) < 4.78 is 6.05. The highest BCUT2D eigenvalue weighted by Crippen LogP contribution is 2.34. The van der Waals surface area contributed by atoms with Gasteiger partial charge in [0.15, 0.2) is 0 Å². The van der Waals surface area contributed by atoms with Crippen molar-refractivity contribution >= 4 is 5.91 Å². The summed E-state index contributed by atoms with van der Waals surface area (Å²) in [6.45, 7) is 4.01. The third-order valence-corrected chi connectivity index (χ3v) is 5.02. The van der Waals surface area contributed by atoms with E-state index in [4.69, 9.17) is 10.5 Å². The van der Waals surface area contributed by atoms with Crippen molar-refractivity contribution in [3.8, 4) is 0 Å². The maximum atomic E-state index is 12.9. The number of hydrogen-bond acceptors (Lipinski definition) is 3. The van der Waals surface area contributed by atoms with Gasteiger partial charge < -0.3 is 15.4 Å². The molecule has 1 aromatic rings. The average molecular weight is 302 g/mol. The topological polar surface area (TPSA) is 55.6 Å². The van der Waals surface area contributed by atoms with Crippen molar-refractivity contribution in [2.24, 2.45) is 17.6 Å². The minimum absolute atomic E-state index is 0.0216. The number of amides is 1. The summed E-state index contributed by atoms with van der Waals surface area (Å²) in [6, 6.07) is 10.2. The predicted octanol–water partition coefficient (Wildman–Crippen LogP) is 2.35. The van der Waals surface area contributed by atoms with Gasteiger partial charge in [-0.1, -0.05) is 36.8 Å². The van der Waals surface area contributed by atoms with Gasteiger partial charge in [-0.2, -0.15) is 0 Å². The molecule has 22 heavy (non-hydrogen) atoms. The monoisotopic (exact) mass is 302 g/mol. The number of ether oxygens (including phenoxy) is 1. The molecule has 2 N–H and O–H groups in total. The second-order valence-electron chi connectivity index (χ2n) is 6.62. The summed E-state index contributed by atoms with van der Waals surface area (Å²) in [5, 5.41) is 0. The molecule has 2 aliphatic rings. The van der Waals surface area contributed by atoms with Gasteiger partial charge in [-0.25, -0.2) is 0 Å². The van der Waals surface area contributed by atoms with Crippen LogP contribution in [0.4, 0.5) is 0 Å². The van der Waals surface area contributed by atoms with Gasteiger partial charge >= 0.3 is 0 Å². The van der Waals surface area contributed by atoms with E-state index < -0.39 is 0 Å². The summed E-state index contributed by atoms with van der Waals surface area (Å²) in [6.07, 6.45) is 3.25. The second kappa shape index (κ2) is 6.80. The normalized spacial score (nSPS) is 32.2. The Morgan fingerprint density at radius 2 is 2.05 bits per heavy atom. The fraction of sp³-hybridized carbons (Fsp3) is 0.611. The lowest BCUT2D eigenvalue weighted by Gasteiger charge is -2.39. The Morgan fingerprint density at radius 1 is 1.27 bits per heavy atom. The summed E-state index contributed by atoms with van der Waals surface area (Å²) in [7, 11) is 0. The summed E-state index contributed by atoms with van der Waals surface area (Å²) in [4.78, 5) is 14.9. The van der Waals surface area contributed by atoms with Crippen LogP contribution in [0.2, 0.25) is 0 Å². The van der Waals surface area contributed by atoms with E-state index >= 15 is 0 Å². The third-order valence-electron chi connectivity index (χ3n) is 5.02. The van der Waals surface area contributed by atoms with Gasteiger partial charge in [0.1, 0.15) is 6.10 Å². The van der Waals surface area contributed by atoms with Gasteiger partial charge in [0, 0.05) is 12.5 Å². The number of nitrogens with zero attached hydrogens (tertiary/aromatic N) is 1. The highest BCUT2D eigenvalue weighted by atomic mass is 16.5. The van der Waals surface area contributed by atoms with E-state index in [9.17, 15) is 4.79 Å². The molecule has 0 bridgehead atoms. The Bertz CT molecular complexity index is 505. The highest BCUT2D eigenvalue weighted by molar-refractivity contribution is 5.79. The number of carbonyl (C=O) groups excluding carboxylic acids is 1. The third kappa shape index (κ3) is 3.18. The van der Waals surface area contributed by atoms with E-state index in [0.717, 1.165) is 24.8 Å². The van der Waals surface area contributed by atoms with Gasteiger partial charge in [0.2, 0.25) is 5.91 Å². The molecule has 0 radical (unpaired) electrons. The molecule has 4 atom stereocenters. The minimum atomic E-state index is -0.0216. The molecule has 3 rings (SSSR count). The van der Waals surface area contributed by atoms with Crippen LogP contribution in [-0.4, -0.2) is 36.5 Å². The lowest BCUT2D eigenvalue weighted by molar-refractivity contribution is -0.150. The molecule has 4 nitrogen and oxygen atoms in total. The van der Waals surface area contributed by atoms with Crippen molar-refractivity contribution in [3.63, 3.8) is 0 Å². The number of carbonyl (C=O) groups is 1. The van der Waals surface area contributed by atoms with Crippen LogP contribution in [0, 0.1) is 11.8 Å². The predicted molar refractivity (Wildman–Crippen MR) is 86.2 cm³/mol. The molecule has 1 aliphatic carbocycles. The second-order valence-corrected chi connectivity index (χ2v) is 6.62. The molecule has 0 aromatic heterocycles. The first-order valence-electron chi connectivity index (χ1n) is 8.38. The van der Waals surface area contributed by atoms with Gasteiger partial charge in [0.05, 0.1) is 12.6 Å². The quantitative estimate of drug-likeness (QED) is 0.932. The van der Waals surface area contributed by atoms with Crippen LogP contribution in [-0.2, 0) is 9.53 Å². The number of benzene rings is 1. The van der Waals surface area contributed by atoms with Crippen molar-refractivity contribution in [1.29, 1.82) is 0 Å². The Kier molecular flexibility index (Phi) is 4.79. The first kappa shape index (κ1) is 15.5. The lowest BCUT2D eigenvalue weighted by atomic mass is 9.94. The molecule has 2 unspecified atom stereocenters. The highest BCUT2D eigenvalue weighted by Gasteiger charge is 2.37. The first-order chi connectivity index (χ1) is 10.7. The molecule has 1 aromatic carbocycles. The van der Waals surface area contributed by atoms with E-state index in [0.29, 0.717) is 25.6 Å². The molecule has 2 fully saturated rings. The number of nitrogens with two attached hydrogens (primary N) is 1. The Balaban J connectivity index is 1.72. The fourth-order valence-electron chi connectivity index (χ4n) is 3.86. The van der Waals surface area contributed by atoms with Gasteiger partial charge in [-0.05, 0) is 37.8 Å². The zero-order valence-electron chi connectivity index (χ0n) is 13.3. The molecule has 1 amide bonds. The molecular weight excluding hydrogens is 276 g/mol. The Morgan fingerprint density at radius 3 is 2.77 bits per heavy atom. The molecule has 1 aliphatic heterocycles. The van der Waals surface area contributed by atoms with Crippen LogP contribution >= 0.6 is 0 Å². The molecule has 1 heterocycles. The molecule has 4 heteroatoms. The van der Waals surface area contributed by atoms with Crippen LogP contribution in [0.15, 0.2) is 30.3 Å². The van der Waals surface area contributed by atoms with Crippen molar-refractivity contribution in [2.75, 3.05) is 19.6 Å². The van der Waals surface area contributed by atoms with Crippen LogP contribution in [0.1, 0.15) is 37.9 Å². The van der Waals surface area contributed by atoms with Crippen LogP contribution < -0.4 is 5.73 Å². The molecular formula is C18H26N2O2. The Hall–Kier alpha value is -1.39. The summed E-state index contributed by atoms with van der Waals surface area (Å²) >= 11 is 0. The number of hydrogen-bond donors (Lipinski definition) is 1. The summed E-state index contributed by atoms with van der Waals surface area (Å²) in [5.74, 6) is 0.761. The van der Waals surface area contributed by atoms with Crippen LogP contribution in [0.25, 0.3) is 0 Å². The minimum Gasteiger partial charge on any atom is -0.367 e. The maximum Gasteiger partial charge on any atom is 0.226 e. The maximum absolute atomic E-state index is 12.9. The van der Waals surface area contributed by atoms with E-state index in [2.05, 4.69) is 12.1 Å². The summed E-state index contributed by atoms with van der Waals surface area (Å²) in [5.41, 5.74) is 6.99. The number of morpholine rings is 1. The van der Waals surface area contributed by atoms with Gasteiger partial charge in [-0.3, -0.25) is 4.79 Å². The van der Waals surface area contributed by atoms with Gasteiger partial charge in [-0.15, -0.1) is 0 Å². The van der Waals surface area contributed by atoms with E-state index in [1.807, 2.05) is 30.0 Å². The molecule has 1 saturated carbocycles. The molecule has 1 saturated heterocycles. The first-order valence-corrected chi connectivity index (χ1v) is 8.38. The van der Waals surface area contributed by atoms with E-state index in [1.165, 1.54) is 0 Å². The zero-order valence-corrected chi connectivity index (χ0v) is 13.3. The fourth-order valence-corrected chi connectivity index (χ4v) is 3.86. The van der Waals surface area contributed by atoms with E-state index in [-0.39, 0.29) is 24.0 Å². The largest absolute Gasteiger partial charge is 0.367 e. The average Bonchev–Trinajstić information content (AvgIpc) is 3.03. The van der Waals surface area contributed by atoms with Gasteiger partial charge in [0.25, 0.3) is 0 Å². The number of rotatable bonds is 3. The molecule has 0 spiro atoms. The standard InChI is InChI=1S/C18H26N2O2/c1-13-11-20(18(21)16-9-5-8-15(16)10-19)12-17(22-13)14-6-3-2-4-7-14/h2-4,6-7,13,15-17H,5,8-12,19H2,1H3/t13?,15-,16-,17?/m1/s1.